The Morgan fingerprint density at radius 3 is 2.62 bits per heavy atom. The zero-order valence-corrected chi connectivity index (χ0v) is 10.4. The number of nitrogen functional groups attached to an aromatic ring is 1. The number of benzene rings is 1. The highest BCUT2D eigenvalue weighted by Gasteiger charge is 2.06. The molecule has 0 amide bonds. The molecule has 16 heavy (non-hydrogen) atoms. The standard InChI is InChI=1S/C13H21N3/c1-4-7-11(16(2)3)10-15-13-9-6-5-8-12(13)14/h5-6,8-11H,4,7,14H2,1-3H3. The van der Waals surface area contributed by atoms with Gasteiger partial charge in [-0.05, 0) is 32.6 Å². The summed E-state index contributed by atoms with van der Waals surface area (Å²) in [6, 6.07) is 8.06. The smallest absolute Gasteiger partial charge is 0.0855 e. The van der Waals surface area contributed by atoms with Crippen LogP contribution >= 0.6 is 0 Å². The van der Waals surface area contributed by atoms with Crippen molar-refractivity contribution in [2.45, 2.75) is 25.8 Å². The van der Waals surface area contributed by atoms with Crippen molar-refractivity contribution in [3.05, 3.63) is 24.3 Å². The Kier molecular flexibility index (Phi) is 4.99. The molecule has 0 fully saturated rings. The Hall–Kier alpha value is -1.35. The summed E-state index contributed by atoms with van der Waals surface area (Å²) in [5.41, 5.74) is 7.41. The molecule has 1 unspecified atom stereocenters. The number of anilines is 1. The van der Waals surface area contributed by atoms with Gasteiger partial charge in [0.25, 0.3) is 0 Å². The lowest BCUT2D eigenvalue weighted by atomic mass is 10.1. The SMILES string of the molecule is CCCC(C=Nc1ccccc1N)N(C)C. The first-order chi connectivity index (χ1) is 7.65. The van der Waals surface area contributed by atoms with Gasteiger partial charge in [0.2, 0.25) is 0 Å². The third kappa shape index (κ3) is 3.66. The van der Waals surface area contributed by atoms with Crippen molar-refractivity contribution < 1.29 is 0 Å². The van der Waals surface area contributed by atoms with E-state index in [4.69, 9.17) is 5.73 Å². The molecule has 1 aromatic rings. The number of hydrogen-bond acceptors (Lipinski definition) is 3. The van der Waals surface area contributed by atoms with E-state index in [1.165, 1.54) is 0 Å². The maximum absolute atomic E-state index is 5.83. The Morgan fingerprint density at radius 1 is 1.38 bits per heavy atom. The van der Waals surface area contributed by atoms with Crippen LogP contribution in [0.3, 0.4) is 0 Å². The van der Waals surface area contributed by atoms with Crippen LogP contribution in [0, 0.1) is 0 Å². The van der Waals surface area contributed by atoms with Gasteiger partial charge in [-0.25, -0.2) is 0 Å². The summed E-state index contributed by atoms with van der Waals surface area (Å²) in [4.78, 5) is 6.63. The van der Waals surface area contributed by atoms with Crippen molar-refractivity contribution in [1.29, 1.82) is 0 Å². The summed E-state index contributed by atoms with van der Waals surface area (Å²) in [6.07, 6.45) is 4.25. The van der Waals surface area contributed by atoms with Gasteiger partial charge in [-0.2, -0.15) is 0 Å². The van der Waals surface area contributed by atoms with Gasteiger partial charge in [-0.15, -0.1) is 0 Å². The van der Waals surface area contributed by atoms with Crippen molar-refractivity contribution in [2.24, 2.45) is 4.99 Å². The highest BCUT2D eigenvalue weighted by molar-refractivity contribution is 5.73. The molecule has 0 saturated carbocycles. The van der Waals surface area contributed by atoms with E-state index in [0.29, 0.717) is 6.04 Å². The molecule has 0 aromatic heterocycles. The molecule has 0 aliphatic heterocycles. The quantitative estimate of drug-likeness (QED) is 0.611. The topological polar surface area (TPSA) is 41.6 Å². The first kappa shape index (κ1) is 12.7. The summed E-state index contributed by atoms with van der Waals surface area (Å²) in [6.45, 7) is 2.18. The fraction of sp³-hybridized carbons (Fsp3) is 0.462. The van der Waals surface area contributed by atoms with E-state index in [0.717, 1.165) is 24.2 Å². The van der Waals surface area contributed by atoms with Crippen molar-refractivity contribution in [3.63, 3.8) is 0 Å². The van der Waals surface area contributed by atoms with Crippen LogP contribution < -0.4 is 5.73 Å². The highest BCUT2D eigenvalue weighted by atomic mass is 15.1. The fourth-order valence-corrected chi connectivity index (χ4v) is 1.53. The molecule has 0 radical (unpaired) electrons. The molecule has 88 valence electrons. The van der Waals surface area contributed by atoms with E-state index < -0.39 is 0 Å². The largest absolute Gasteiger partial charge is 0.397 e. The summed E-state index contributed by atoms with van der Waals surface area (Å²) in [5, 5.41) is 0. The molecular weight excluding hydrogens is 198 g/mol. The second-order valence-electron chi connectivity index (χ2n) is 4.16. The van der Waals surface area contributed by atoms with Gasteiger partial charge in [-0.3, -0.25) is 4.99 Å². The number of nitrogens with zero attached hydrogens (tertiary/aromatic N) is 2. The van der Waals surface area contributed by atoms with Gasteiger partial charge in [-0.1, -0.05) is 25.5 Å². The van der Waals surface area contributed by atoms with Gasteiger partial charge in [0, 0.05) is 12.3 Å². The molecule has 3 nitrogen and oxygen atoms in total. The average molecular weight is 219 g/mol. The van der Waals surface area contributed by atoms with Crippen LogP contribution in [0.5, 0.6) is 0 Å². The monoisotopic (exact) mass is 219 g/mol. The van der Waals surface area contributed by atoms with Crippen molar-refractivity contribution in [1.82, 2.24) is 4.90 Å². The van der Waals surface area contributed by atoms with Crippen molar-refractivity contribution in [2.75, 3.05) is 19.8 Å². The molecule has 0 saturated heterocycles. The predicted octanol–water partition coefficient (Wildman–Crippen LogP) is 2.70. The van der Waals surface area contributed by atoms with E-state index in [-0.39, 0.29) is 0 Å². The number of rotatable bonds is 5. The maximum Gasteiger partial charge on any atom is 0.0855 e. The Morgan fingerprint density at radius 2 is 2.06 bits per heavy atom. The normalized spacial score (nSPS) is 13.5. The van der Waals surface area contributed by atoms with Crippen LogP contribution in [-0.2, 0) is 0 Å². The molecule has 1 atom stereocenters. The van der Waals surface area contributed by atoms with Gasteiger partial charge in [0.1, 0.15) is 0 Å². The summed E-state index contributed by atoms with van der Waals surface area (Å²) in [7, 11) is 4.14. The van der Waals surface area contributed by atoms with Crippen LogP contribution in [-0.4, -0.2) is 31.3 Å². The zero-order chi connectivity index (χ0) is 12.0. The highest BCUT2D eigenvalue weighted by Crippen LogP contribution is 2.20. The Labute approximate surface area is 98.0 Å². The van der Waals surface area contributed by atoms with E-state index in [2.05, 4.69) is 30.9 Å². The molecular formula is C13H21N3. The molecule has 0 heterocycles. The zero-order valence-electron chi connectivity index (χ0n) is 10.4. The Bertz CT molecular complexity index is 345. The third-order valence-electron chi connectivity index (χ3n) is 2.57. The van der Waals surface area contributed by atoms with E-state index in [1.54, 1.807) is 0 Å². The maximum atomic E-state index is 5.83. The lowest BCUT2D eigenvalue weighted by molar-refractivity contribution is 0.349. The van der Waals surface area contributed by atoms with Crippen LogP contribution in [0.2, 0.25) is 0 Å². The minimum Gasteiger partial charge on any atom is -0.397 e. The van der Waals surface area contributed by atoms with Crippen molar-refractivity contribution in [3.8, 4) is 0 Å². The second kappa shape index (κ2) is 6.28. The molecule has 0 bridgehead atoms. The molecule has 2 N–H and O–H groups in total. The molecule has 3 heteroatoms. The molecule has 1 rings (SSSR count). The number of nitrogens with two attached hydrogens (primary N) is 1. The van der Waals surface area contributed by atoms with Crippen LogP contribution in [0.1, 0.15) is 19.8 Å². The van der Waals surface area contributed by atoms with Gasteiger partial charge in [0.05, 0.1) is 11.4 Å². The van der Waals surface area contributed by atoms with Crippen molar-refractivity contribution >= 4 is 17.6 Å². The molecule has 0 spiro atoms. The van der Waals surface area contributed by atoms with Gasteiger partial charge < -0.3 is 10.6 Å². The summed E-state index contributed by atoms with van der Waals surface area (Å²) in [5.74, 6) is 0. The van der Waals surface area contributed by atoms with Crippen LogP contribution in [0.15, 0.2) is 29.3 Å². The van der Waals surface area contributed by atoms with Gasteiger partial charge in [0.15, 0.2) is 0 Å². The van der Waals surface area contributed by atoms with E-state index in [1.807, 2.05) is 30.5 Å². The minimum atomic E-state index is 0.379. The van der Waals surface area contributed by atoms with Crippen LogP contribution in [0.25, 0.3) is 0 Å². The first-order valence-electron chi connectivity index (χ1n) is 5.70. The van der Waals surface area contributed by atoms with Gasteiger partial charge >= 0.3 is 0 Å². The van der Waals surface area contributed by atoms with E-state index in [9.17, 15) is 0 Å². The first-order valence-corrected chi connectivity index (χ1v) is 5.70. The summed E-state index contributed by atoms with van der Waals surface area (Å²) < 4.78 is 0. The number of aliphatic imine (C=N–C) groups is 1. The Balaban J connectivity index is 2.74. The average Bonchev–Trinajstić information content (AvgIpc) is 2.26. The predicted molar refractivity (Wildman–Crippen MR) is 71.4 cm³/mol. The lowest BCUT2D eigenvalue weighted by Crippen LogP contribution is -2.28. The minimum absolute atomic E-state index is 0.379. The number of hydrogen-bond donors (Lipinski definition) is 1. The second-order valence-corrected chi connectivity index (χ2v) is 4.16. The lowest BCUT2D eigenvalue weighted by Gasteiger charge is -2.19. The molecule has 1 aromatic carbocycles. The molecule has 0 aliphatic carbocycles. The summed E-state index contributed by atoms with van der Waals surface area (Å²) >= 11 is 0. The number of para-hydroxylation sites is 2. The van der Waals surface area contributed by atoms with Crippen LogP contribution in [0.4, 0.5) is 11.4 Å². The molecule has 0 aliphatic rings. The fourth-order valence-electron chi connectivity index (χ4n) is 1.53. The third-order valence-corrected chi connectivity index (χ3v) is 2.57. The van der Waals surface area contributed by atoms with E-state index >= 15 is 0 Å².